The predicted molar refractivity (Wildman–Crippen MR) is 70.8 cm³/mol. The van der Waals surface area contributed by atoms with Crippen molar-refractivity contribution in [3.8, 4) is 0 Å². The van der Waals surface area contributed by atoms with Crippen molar-refractivity contribution >= 4 is 5.82 Å². The number of halogens is 1. The Labute approximate surface area is 106 Å². The monoisotopic (exact) mass is 247 g/mol. The molecule has 0 aliphatic carbocycles. The molecule has 96 valence electrons. The number of nitrogen functional groups attached to an aromatic ring is 1. The van der Waals surface area contributed by atoms with E-state index in [4.69, 9.17) is 5.73 Å². The van der Waals surface area contributed by atoms with Crippen LogP contribution in [0.1, 0.15) is 32.0 Å². The Morgan fingerprint density at radius 1 is 1.22 bits per heavy atom. The Morgan fingerprint density at radius 2 is 1.83 bits per heavy atom. The lowest BCUT2D eigenvalue weighted by Crippen LogP contribution is -2.13. The van der Waals surface area contributed by atoms with Gasteiger partial charge in [-0.3, -0.25) is 0 Å². The van der Waals surface area contributed by atoms with Gasteiger partial charge in [0, 0.05) is 11.5 Å². The van der Waals surface area contributed by atoms with Gasteiger partial charge in [0.15, 0.2) is 0 Å². The smallest absolute Gasteiger partial charge is 0.123 e. The normalized spacial score (nSPS) is 11.8. The Hall–Kier alpha value is -1.84. The summed E-state index contributed by atoms with van der Waals surface area (Å²) >= 11 is 0. The molecule has 0 spiro atoms. The van der Waals surface area contributed by atoms with Gasteiger partial charge < -0.3 is 5.73 Å². The van der Waals surface area contributed by atoms with Crippen LogP contribution in [0.4, 0.5) is 10.2 Å². The van der Waals surface area contributed by atoms with Crippen LogP contribution in [0, 0.1) is 5.82 Å². The highest BCUT2D eigenvalue weighted by Gasteiger charge is 2.18. The standard InChI is InChI=1S/C14H18FN3/c1-14(2,3)12-8-13(16)18(17-12)9-10-4-6-11(15)7-5-10/h4-8H,9,16H2,1-3H3. The summed E-state index contributed by atoms with van der Waals surface area (Å²) in [6, 6.07) is 8.27. The number of anilines is 1. The molecule has 1 aromatic carbocycles. The van der Waals surface area contributed by atoms with Crippen molar-refractivity contribution in [2.45, 2.75) is 32.7 Å². The van der Waals surface area contributed by atoms with Crippen molar-refractivity contribution in [1.82, 2.24) is 9.78 Å². The molecule has 0 bridgehead atoms. The van der Waals surface area contributed by atoms with E-state index in [-0.39, 0.29) is 11.2 Å². The van der Waals surface area contributed by atoms with Gasteiger partial charge in [0.05, 0.1) is 12.2 Å². The predicted octanol–water partition coefficient (Wildman–Crippen LogP) is 2.95. The molecule has 0 aliphatic rings. The maximum Gasteiger partial charge on any atom is 0.123 e. The molecule has 4 heteroatoms. The quantitative estimate of drug-likeness (QED) is 0.886. The SMILES string of the molecule is CC(C)(C)c1cc(N)n(Cc2ccc(F)cc2)n1. The third kappa shape index (κ3) is 2.70. The highest BCUT2D eigenvalue weighted by molar-refractivity contribution is 5.34. The zero-order valence-electron chi connectivity index (χ0n) is 10.9. The summed E-state index contributed by atoms with van der Waals surface area (Å²) in [7, 11) is 0. The third-order valence-electron chi connectivity index (χ3n) is 2.83. The van der Waals surface area contributed by atoms with Crippen LogP contribution >= 0.6 is 0 Å². The van der Waals surface area contributed by atoms with E-state index in [0.29, 0.717) is 12.4 Å². The summed E-state index contributed by atoms with van der Waals surface area (Å²) in [6.07, 6.45) is 0. The van der Waals surface area contributed by atoms with Crippen molar-refractivity contribution in [2.24, 2.45) is 0 Å². The van der Waals surface area contributed by atoms with E-state index in [0.717, 1.165) is 11.3 Å². The minimum absolute atomic E-state index is 0.0256. The Morgan fingerprint density at radius 3 is 2.33 bits per heavy atom. The zero-order valence-corrected chi connectivity index (χ0v) is 10.9. The summed E-state index contributed by atoms with van der Waals surface area (Å²) < 4.78 is 14.6. The van der Waals surface area contributed by atoms with Crippen molar-refractivity contribution in [3.05, 3.63) is 47.4 Å². The lowest BCUT2D eigenvalue weighted by molar-refractivity contribution is 0.546. The van der Waals surface area contributed by atoms with Crippen molar-refractivity contribution in [1.29, 1.82) is 0 Å². The molecule has 0 fully saturated rings. The molecule has 0 unspecified atom stereocenters. The summed E-state index contributed by atoms with van der Waals surface area (Å²) in [5.41, 5.74) is 7.86. The molecule has 0 amide bonds. The minimum atomic E-state index is -0.234. The fourth-order valence-corrected chi connectivity index (χ4v) is 1.69. The van der Waals surface area contributed by atoms with Crippen LogP contribution in [0.3, 0.4) is 0 Å². The Bertz CT molecular complexity index is 535. The number of hydrogen-bond donors (Lipinski definition) is 1. The first kappa shape index (κ1) is 12.6. The fraction of sp³-hybridized carbons (Fsp3) is 0.357. The van der Waals surface area contributed by atoms with Gasteiger partial charge in [-0.25, -0.2) is 9.07 Å². The summed E-state index contributed by atoms with van der Waals surface area (Å²) in [5, 5.41) is 4.50. The molecule has 2 aromatic rings. The molecular weight excluding hydrogens is 229 g/mol. The maximum atomic E-state index is 12.8. The van der Waals surface area contributed by atoms with E-state index >= 15 is 0 Å². The number of hydrogen-bond acceptors (Lipinski definition) is 2. The second kappa shape index (κ2) is 4.44. The largest absolute Gasteiger partial charge is 0.384 e. The number of benzene rings is 1. The molecule has 0 aliphatic heterocycles. The van der Waals surface area contributed by atoms with E-state index in [1.807, 2.05) is 6.07 Å². The number of rotatable bonds is 2. The van der Waals surface area contributed by atoms with Crippen LogP contribution in [0.5, 0.6) is 0 Å². The average Bonchev–Trinajstić information content (AvgIpc) is 2.63. The van der Waals surface area contributed by atoms with Crippen molar-refractivity contribution in [2.75, 3.05) is 5.73 Å². The molecule has 1 heterocycles. The zero-order chi connectivity index (χ0) is 13.3. The highest BCUT2D eigenvalue weighted by Crippen LogP contribution is 2.23. The third-order valence-corrected chi connectivity index (χ3v) is 2.83. The Kier molecular flexibility index (Phi) is 3.11. The van der Waals surface area contributed by atoms with Crippen LogP contribution in [-0.2, 0) is 12.0 Å². The van der Waals surface area contributed by atoms with E-state index in [9.17, 15) is 4.39 Å². The first-order valence-corrected chi connectivity index (χ1v) is 5.94. The van der Waals surface area contributed by atoms with Gasteiger partial charge in [0.25, 0.3) is 0 Å². The second-order valence-corrected chi connectivity index (χ2v) is 5.49. The molecule has 0 saturated heterocycles. The molecule has 0 saturated carbocycles. The summed E-state index contributed by atoms with van der Waals surface area (Å²) in [4.78, 5) is 0. The van der Waals surface area contributed by atoms with Crippen molar-refractivity contribution in [3.63, 3.8) is 0 Å². The van der Waals surface area contributed by atoms with Gasteiger partial charge >= 0.3 is 0 Å². The van der Waals surface area contributed by atoms with E-state index in [1.165, 1.54) is 12.1 Å². The van der Waals surface area contributed by atoms with Crippen LogP contribution < -0.4 is 5.73 Å². The van der Waals surface area contributed by atoms with Gasteiger partial charge in [-0.2, -0.15) is 5.10 Å². The Balaban J connectivity index is 2.24. The van der Waals surface area contributed by atoms with Crippen LogP contribution in [0.2, 0.25) is 0 Å². The van der Waals surface area contributed by atoms with Gasteiger partial charge in [0.1, 0.15) is 11.6 Å². The molecule has 18 heavy (non-hydrogen) atoms. The first-order valence-electron chi connectivity index (χ1n) is 5.94. The molecule has 3 nitrogen and oxygen atoms in total. The van der Waals surface area contributed by atoms with Crippen LogP contribution in [-0.4, -0.2) is 9.78 Å². The summed E-state index contributed by atoms with van der Waals surface area (Å²) in [5.74, 6) is 0.395. The molecule has 2 rings (SSSR count). The maximum absolute atomic E-state index is 12.8. The lowest BCUT2D eigenvalue weighted by Gasteiger charge is -2.14. The number of nitrogens with two attached hydrogens (primary N) is 1. The molecular formula is C14H18FN3. The van der Waals surface area contributed by atoms with E-state index in [1.54, 1.807) is 16.8 Å². The summed E-state index contributed by atoms with van der Waals surface area (Å²) in [6.45, 7) is 6.84. The molecule has 1 aromatic heterocycles. The number of nitrogens with zero attached hydrogens (tertiary/aromatic N) is 2. The van der Waals surface area contributed by atoms with E-state index in [2.05, 4.69) is 25.9 Å². The molecule has 0 radical (unpaired) electrons. The van der Waals surface area contributed by atoms with Gasteiger partial charge in [-0.05, 0) is 17.7 Å². The van der Waals surface area contributed by atoms with Gasteiger partial charge in [-0.1, -0.05) is 32.9 Å². The van der Waals surface area contributed by atoms with Gasteiger partial charge in [-0.15, -0.1) is 0 Å². The second-order valence-electron chi connectivity index (χ2n) is 5.49. The first-order chi connectivity index (χ1) is 8.36. The molecule has 0 atom stereocenters. The molecule has 2 N–H and O–H groups in total. The minimum Gasteiger partial charge on any atom is -0.384 e. The van der Waals surface area contributed by atoms with Gasteiger partial charge in [0.2, 0.25) is 0 Å². The highest BCUT2D eigenvalue weighted by atomic mass is 19.1. The van der Waals surface area contributed by atoms with E-state index < -0.39 is 0 Å². The lowest BCUT2D eigenvalue weighted by atomic mass is 9.92. The number of aromatic nitrogens is 2. The van der Waals surface area contributed by atoms with Crippen LogP contribution in [0.25, 0.3) is 0 Å². The van der Waals surface area contributed by atoms with Crippen molar-refractivity contribution < 1.29 is 4.39 Å². The van der Waals surface area contributed by atoms with Crippen LogP contribution in [0.15, 0.2) is 30.3 Å². The fourth-order valence-electron chi connectivity index (χ4n) is 1.69. The average molecular weight is 247 g/mol. The topological polar surface area (TPSA) is 43.8 Å².